The summed E-state index contributed by atoms with van der Waals surface area (Å²) in [5, 5.41) is 12.3. The van der Waals surface area contributed by atoms with Gasteiger partial charge in [-0.3, -0.25) is 0 Å². The Morgan fingerprint density at radius 2 is 1.87 bits per heavy atom. The molecule has 1 heterocycles. The van der Waals surface area contributed by atoms with Crippen LogP contribution in [0.25, 0.3) is 11.5 Å². The second-order valence-electron chi connectivity index (χ2n) is 6.80. The molecular weight excluding hydrogens is 400 g/mol. The fraction of sp³-hybridized carbons (Fsp3) is 0.238. The van der Waals surface area contributed by atoms with E-state index >= 15 is 0 Å². The molecule has 0 saturated heterocycles. The van der Waals surface area contributed by atoms with E-state index in [2.05, 4.69) is 10.3 Å². The topological polar surface area (TPSA) is 65.1 Å². The number of halogens is 4. The normalized spacial score (nSPS) is 12.6. The van der Waals surface area contributed by atoms with Crippen molar-refractivity contribution in [2.75, 3.05) is 26.0 Å². The first-order valence-electron chi connectivity index (χ1n) is 8.93. The third-order valence-corrected chi connectivity index (χ3v) is 4.50. The van der Waals surface area contributed by atoms with Gasteiger partial charge in [-0.25, -0.2) is 4.39 Å². The fourth-order valence-corrected chi connectivity index (χ4v) is 2.94. The highest BCUT2D eigenvalue weighted by Gasteiger charge is 2.31. The molecular formula is C21H18F4N4O. The number of hydrogen-bond acceptors (Lipinski definition) is 5. The van der Waals surface area contributed by atoms with E-state index in [4.69, 9.17) is 4.42 Å². The van der Waals surface area contributed by atoms with E-state index in [1.54, 1.807) is 25.1 Å². The number of anilines is 1. The van der Waals surface area contributed by atoms with Crippen molar-refractivity contribution < 1.29 is 22.0 Å². The Morgan fingerprint density at radius 1 is 1.17 bits per heavy atom. The van der Waals surface area contributed by atoms with Gasteiger partial charge in [-0.2, -0.15) is 23.4 Å². The molecule has 0 bridgehead atoms. The standard InChI is InChI=1S/C21H18F4N4O/c1-29(2)18(14-4-3-5-15(10-14)21(23,24)25)12-27-20-17(11-26)28-19(30-20)13-6-8-16(22)9-7-13/h3-10,18,27H,12H2,1-2H3. The van der Waals surface area contributed by atoms with Crippen LogP contribution in [0.4, 0.5) is 23.4 Å². The van der Waals surface area contributed by atoms with Gasteiger partial charge in [0.15, 0.2) is 0 Å². The number of hydrogen-bond donors (Lipinski definition) is 1. The summed E-state index contributed by atoms with van der Waals surface area (Å²) in [5.41, 5.74) is 0.209. The Labute approximate surface area is 170 Å². The van der Waals surface area contributed by atoms with Gasteiger partial charge in [0.05, 0.1) is 11.6 Å². The molecule has 0 saturated carbocycles. The molecule has 2 aromatic carbocycles. The smallest absolute Gasteiger partial charge is 0.416 e. The molecule has 5 nitrogen and oxygen atoms in total. The maximum absolute atomic E-state index is 13.1. The van der Waals surface area contributed by atoms with Gasteiger partial charge in [0.1, 0.15) is 11.9 Å². The maximum atomic E-state index is 13.1. The molecule has 30 heavy (non-hydrogen) atoms. The lowest BCUT2D eigenvalue weighted by Crippen LogP contribution is -2.27. The van der Waals surface area contributed by atoms with Crippen LogP contribution in [0.15, 0.2) is 52.9 Å². The van der Waals surface area contributed by atoms with Crippen LogP contribution in [0.2, 0.25) is 0 Å². The highest BCUT2D eigenvalue weighted by molar-refractivity contribution is 5.58. The van der Waals surface area contributed by atoms with Gasteiger partial charge in [-0.15, -0.1) is 0 Å². The van der Waals surface area contributed by atoms with Crippen molar-refractivity contribution >= 4 is 5.88 Å². The number of nitriles is 1. The number of aromatic nitrogens is 1. The minimum Gasteiger partial charge on any atom is -0.419 e. The third-order valence-electron chi connectivity index (χ3n) is 4.50. The van der Waals surface area contributed by atoms with Gasteiger partial charge in [-0.1, -0.05) is 12.1 Å². The zero-order valence-corrected chi connectivity index (χ0v) is 16.2. The van der Waals surface area contributed by atoms with E-state index in [0.29, 0.717) is 11.1 Å². The number of likely N-dealkylation sites (N-methyl/N-ethyl adjacent to an activating group) is 1. The van der Waals surface area contributed by atoms with Crippen LogP contribution >= 0.6 is 0 Å². The number of nitrogens with one attached hydrogen (secondary N) is 1. The molecule has 0 fully saturated rings. The highest BCUT2D eigenvalue weighted by Crippen LogP contribution is 2.32. The molecule has 1 N–H and O–H groups in total. The van der Waals surface area contributed by atoms with Gasteiger partial charge in [0, 0.05) is 12.1 Å². The number of nitrogens with zero attached hydrogens (tertiary/aromatic N) is 3. The predicted molar refractivity (Wildman–Crippen MR) is 103 cm³/mol. The van der Waals surface area contributed by atoms with E-state index in [-0.39, 0.29) is 24.0 Å². The molecule has 0 aliphatic heterocycles. The van der Waals surface area contributed by atoms with Gasteiger partial charge in [-0.05, 0) is 56.1 Å². The van der Waals surface area contributed by atoms with E-state index in [1.807, 2.05) is 6.07 Å². The molecule has 0 aliphatic rings. The minimum atomic E-state index is -4.44. The molecule has 1 unspecified atom stereocenters. The zero-order valence-electron chi connectivity index (χ0n) is 16.2. The van der Waals surface area contributed by atoms with Crippen molar-refractivity contribution in [3.63, 3.8) is 0 Å². The minimum absolute atomic E-state index is 0.00382. The van der Waals surface area contributed by atoms with Crippen molar-refractivity contribution in [1.29, 1.82) is 5.26 Å². The second kappa shape index (κ2) is 8.55. The average molecular weight is 418 g/mol. The SMILES string of the molecule is CN(C)C(CNc1oc(-c2ccc(F)cc2)nc1C#N)c1cccc(C(F)(F)F)c1. The molecule has 1 atom stereocenters. The quantitative estimate of drug-likeness (QED) is 0.565. The van der Waals surface area contributed by atoms with Crippen LogP contribution in [-0.4, -0.2) is 30.5 Å². The van der Waals surface area contributed by atoms with E-state index < -0.39 is 23.6 Å². The first-order chi connectivity index (χ1) is 14.2. The highest BCUT2D eigenvalue weighted by atomic mass is 19.4. The summed E-state index contributed by atoms with van der Waals surface area (Å²) in [6.45, 7) is 0.168. The Hall–Kier alpha value is -3.38. The van der Waals surface area contributed by atoms with Crippen LogP contribution < -0.4 is 5.32 Å². The largest absolute Gasteiger partial charge is 0.419 e. The van der Waals surface area contributed by atoms with Crippen molar-refractivity contribution in [2.45, 2.75) is 12.2 Å². The van der Waals surface area contributed by atoms with E-state index in [9.17, 15) is 22.8 Å². The monoisotopic (exact) mass is 418 g/mol. The van der Waals surface area contributed by atoms with Gasteiger partial charge in [0.2, 0.25) is 17.5 Å². The van der Waals surface area contributed by atoms with Gasteiger partial charge in [0.25, 0.3) is 0 Å². The zero-order chi connectivity index (χ0) is 21.9. The molecule has 3 rings (SSSR count). The fourth-order valence-electron chi connectivity index (χ4n) is 2.94. The predicted octanol–water partition coefficient (Wildman–Crippen LogP) is 5.09. The Kier molecular flexibility index (Phi) is 6.08. The maximum Gasteiger partial charge on any atom is 0.416 e. The summed E-state index contributed by atoms with van der Waals surface area (Å²) < 4.78 is 57.9. The summed E-state index contributed by atoms with van der Waals surface area (Å²) in [4.78, 5) is 5.85. The molecule has 9 heteroatoms. The summed E-state index contributed by atoms with van der Waals surface area (Å²) in [7, 11) is 3.48. The van der Waals surface area contributed by atoms with Crippen LogP contribution in [0.1, 0.15) is 22.9 Å². The summed E-state index contributed by atoms with van der Waals surface area (Å²) in [6.07, 6.45) is -4.44. The van der Waals surface area contributed by atoms with Crippen LogP contribution in [-0.2, 0) is 6.18 Å². The molecule has 0 spiro atoms. The number of oxazole rings is 1. The second-order valence-corrected chi connectivity index (χ2v) is 6.80. The van der Waals surface area contributed by atoms with Crippen molar-refractivity contribution in [1.82, 2.24) is 9.88 Å². The number of benzene rings is 2. The van der Waals surface area contributed by atoms with E-state index in [0.717, 1.165) is 12.1 Å². The van der Waals surface area contributed by atoms with Crippen LogP contribution in [0, 0.1) is 17.1 Å². The molecule has 1 aromatic heterocycles. The number of alkyl halides is 3. The summed E-state index contributed by atoms with van der Waals surface area (Å²) in [5.74, 6) is -0.191. The number of rotatable bonds is 6. The van der Waals surface area contributed by atoms with Crippen molar-refractivity contribution in [3.05, 3.63) is 71.2 Å². The molecule has 156 valence electrons. The molecule has 0 amide bonds. The van der Waals surface area contributed by atoms with Gasteiger partial charge >= 0.3 is 6.18 Å². The lowest BCUT2D eigenvalue weighted by atomic mass is 10.0. The summed E-state index contributed by atoms with van der Waals surface area (Å²) in [6, 6.07) is 12.0. The Bertz CT molecular complexity index is 1050. The Balaban J connectivity index is 1.83. The third kappa shape index (κ3) is 4.78. The van der Waals surface area contributed by atoms with Crippen LogP contribution in [0.5, 0.6) is 0 Å². The van der Waals surface area contributed by atoms with E-state index in [1.165, 1.54) is 30.3 Å². The van der Waals surface area contributed by atoms with Crippen LogP contribution in [0.3, 0.4) is 0 Å². The molecule has 3 aromatic rings. The average Bonchev–Trinajstić information content (AvgIpc) is 3.11. The van der Waals surface area contributed by atoms with Crippen molar-refractivity contribution in [2.24, 2.45) is 0 Å². The first kappa shape index (κ1) is 21.3. The summed E-state index contributed by atoms with van der Waals surface area (Å²) >= 11 is 0. The first-order valence-corrected chi connectivity index (χ1v) is 8.93. The lowest BCUT2D eigenvalue weighted by Gasteiger charge is -2.25. The lowest BCUT2D eigenvalue weighted by molar-refractivity contribution is -0.137. The van der Waals surface area contributed by atoms with Gasteiger partial charge < -0.3 is 14.6 Å². The molecule has 0 radical (unpaired) electrons. The van der Waals surface area contributed by atoms with Crippen molar-refractivity contribution in [3.8, 4) is 17.5 Å². The Morgan fingerprint density at radius 3 is 2.47 bits per heavy atom. The molecule has 0 aliphatic carbocycles.